The second kappa shape index (κ2) is 3.34. The molecule has 11 heavy (non-hydrogen) atoms. The zero-order valence-corrected chi connectivity index (χ0v) is 6.50. The molecule has 0 saturated heterocycles. The number of aromatic nitrogens is 1. The van der Waals surface area contributed by atoms with Crippen LogP contribution in [-0.4, -0.2) is 11.0 Å². The highest BCUT2D eigenvalue weighted by Crippen LogP contribution is 1.92. The minimum atomic E-state index is -0.0372. The number of pyridine rings is 1. The van der Waals surface area contributed by atoms with E-state index in [-0.39, 0.29) is 11.6 Å². The van der Waals surface area contributed by atoms with Crippen LogP contribution >= 0.6 is 0 Å². The molecule has 0 bridgehead atoms. The van der Waals surface area contributed by atoms with Gasteiger partial charge in [0.25, 0.3) is 5.56 Å². The van der Waals surface area contributed by atoms with Crippen molar-refractivity contribution < 1.29 is 0 Å². The number of hydrogen-bond acceptors (Lipinski definition) is 2. The Morgan fingerprint density at radius 3 is 3.00 bits per heavy atom. The lowest BCUT2D eigenvalue weighted by atomic mass is 10.1. The topological polar surface area (TPSA) is 58.9 Å². The Kier molecular flexibility index (Phi) is 2.44. The number of aromatic amines is 1. The van der Waals surface area contributed by atoms with Crippen molar-refractivity contribution in [1.82, 2.24) is 4.98 Å². The summed E-state index contributed by atoms with van der Waals surface area (Å²) < 4.78 is 0. The lowest BCUT2D eigenvalue weighted by Gasteiger charge is -2.02. The maximum Gasteiger partial charge on any atom is 0.251 e. The zero-order valence-electron chi connectivity index (χ0n) is 6.50. The molecule has 3 nitrogen and oxygen atoms in total. The fourth-order valence-corrected chi connectivity index (χ4v) is 0.964. The Hall–Kier alpha value is -1.09. The van der Waals surface area contributed by atoms with Crippen molar-refractivity contribution in [3.8, 4) is 0 Å². The summed E-state index contributed by atoms with van der Waals surface area (Å²) in [5.74, 6) is 0. The average molecular weight is 152 g/mol. The summed E-state index contributed by atoms with van der Waals surface area (Å²) in [6.07, 6.45) is 2.25. The maximum absolute atomic E-state index is 11.0. The van der Waals surface area contributed by atoms with Crippen LogP contribution in [0.5, 0.6) is 0 Å². The molecule has 0 aliphatic rings. The Balaban J connectivity index is 2.87. The minimum Gasteiger partial charge on any atom is -0.329 e. The molecule has 1 atom stereocenters. The molecule has 0 saturated carbocycles. The second-order valence-electron chi connectivity index (χ2n) is 2.71. The largest absolute Gasteiger partial charge is 0.329 e. The zero-order chi connectivity index (χ0) is 8.27. The standard InChI is InChI=1S/C8H12N2O/c1-6(9)5-7-3-2-4-10-8(7)11/h2-4,6H,5,9H2,1H3,(H,10,11). The molecule has 0 radical (unpaired) electrons. The third-order valence-electron chi connectivity index (χ3n) is 1.44. The molecule has 1 heterocycles. The van der Waals surface area contributed by atoms with Gasteiger partial charge in [0.2, 0.25) is 0 Å². The first-order valence-electron chi connectivity index (χ1n) is 3.62. The van der Waals surface area contributed by atoms with E-state index >= 15 is 0 Å². The van der Waals surface area contributed by atoms with E-state index in [1.807, 2.05) is 6.92 Å². The number of nitrogens with one attached hydrogen (secondary N) is 1. The van der Waals surface area contributed by atoms with Gasteiger partial charge in [-0.3, -0.25) is 4.79 Å². The molecule has 1 aromatic rings. The molecular weight excluding hydrogens is 140 g/mol. The van der Waals surface area contributed by atoms with Crippen LogP contribution < -0.4 is 11.3 Å². The van der Waals surface area contributed by atoms with Crippen molar-refractivity contribution in [1.29, 1.82) is 0 Å². The van der Waals surface area contributed by atoms with Gasteiger partial charge >= 0.3 is 0 Å². The Morgan fingerprint density at radius 1 is 1.73 bits per heavy atom. The van der Waals surface area contributed by atoms with Crippen LogP contribution in [0, 0.1) is 0 Å². The molecule has 0 spiro atoms. The van der Waals surface area contributed by atoms with Gasteiger partial charge in [-0.25, -0.2) is 0 Å². The van der Waals surface area contributed by atoms with Crippen molar-refractivity contribution >= 4 is 0 Å². The predicted octanol–water partition coefficient (Wildman–Crippen LogP) is 0.265. The van der Waals surface area contributed by atoms with Crippen LogP contribution in [0.3, 0.4) is 0 Å². The lowest BCUT2D eigenvalue weighted by Crippen LogP contribution is -2.23. The minimum absolute atomic E-state index is 0.0372. The van der Waals surface area contributed by atoms with Crippen LogP contribution in [0.4, 0.5) is 0 Å². The molecule has 0 aliphatic carbocycles. The lowest BCUT2D eigenvalue weighted by molar-refractivity contribution is 0.731. The van der Waals surface area contributed by atoms with Gasteiger partial charge in [-0.05, 0) is 19.4 Å². The van der Waals surface area contributed by atoms with Gasteiger partial charge < -0.3 is 10.7 Å². The van der Waals surface area contributed by atoms with Crippen molar-refractivity contribution in [3.63, 3.8) is 0 Å². The Morgan fingerprint density at radius 2 is 2.45 bits per heavy atom. The molecule has 0 aliphatic heterocycles. The smallest absolute Gasteiger partial charge is 0.251 e. The van der Waals surface area contributed by atoms with Gasteiger partial charge in [-0.1, -0.05) is 6.07 Å². The third-order valence-corrected chi connectivity index (χ3v) is 1.44. The van der Waals surface area contributed by atoms with E-state index in [1.54, 1.807) is 18.3 Å². The Labute approximate surface area is 65.2 Å². The van der Waals surface area contributed by atoms with Crippen LogP contribution in [0.25, 0.3) is 0 Å². The van der Waals surface area contributed by atoms with Crippen LogP contribution in [0.1, 0.15) is 12.5 Å². The van der Waals surface area contributed by atoms with Gasteiger partial charge in [0.05, 0.1) is 0 Å². The fourth-order valence-electron chi connectivity index (χ4n) is 0.964. The first kappa shape index (κ1) is 8.01. The summed E-state index contributed by atoms with van der Waals surface area (Å²) in [6.45, 7) is 1.88. The van der Waals surface area contributed by atoms with Crippen LogP contribution in [0.2, 0.25) is 0 Å². The van der Waals surface area contributed by atoms with Gasteiger partial charge in [0, 0.05) is 17.8 Å². The number of hydrogen-bond donors (Lipinski definition) is 2. The first-order chi connectivity index (χ1) is 5.20. The number of rotatable bonds is 2. The summed E-state index contributed by atoms with van der Waals surface area (Å²) in [4.78, 5) is 13.6. The molecule has 3 heteroatoms. The summed E-state index contributed by atoms with van der Waals surface area (Å²) >= 11 is 0. The summed E-state index contributed by atoms with van der Waals surface area (Å²) in [5.41, 5.74) is 6.26. The van der Waals surface area contributed by atoms with Crippen molar-refractivity contribution in [3.05, 3.63) is 34.2 Å². The van der Waals surface area contributed by atoms with E-state index in [9.17, 15) is 4.79 Å². The summed E-state index contributed by atoms with van der Waals surface area (Å²) in [5, 5.41) is 0. The highest BCUT2D eigenvalue weighted by molar-refractivity contribution is 5.09. The molecule has 0 fully saturated rings. The molecule has 0 amide bonds. The van der Waals surface area contributed by atoms with Gasteiger partial charge in [0.15, 0.2) is 0 Å². The summed E-state index contributed by atoms with van der Waals surface area (Å²) in [6, 6.07) is 3.64. The molecular formula is C8H12N2O. The van der Waals surface area contributed by atoms with Gasteiger partial charge in [0.1, 0.15) is 0 Å². The number of nitrogens with two attached hydrogens (primary N) is 1. The van der Waals surface area contributed by atoms with Gasteiger partial charge in [-0.2, -0.15) is 0 Å². The molecule has 1 aromatic heterocycles. The van der Waals surface area contributed by atoms with Crippen molar-refractivity contribution in [2.45, 2.75) is 19.4 Å². The molecule has 0 aromatic carbocycles. The fraction of sp³-hybridized carbons (Fsp3) is 0.375. The van der Waals surface area contributed by atoms with E-state index in [2.05, 4.69) is 4.98 Å². The highest BCUT2D eigenvalue weighted by Gasteiger charge is 2.00. The normalized spacial score (nSPS) is 12.9. The third kappa shape index (κ3) is 2.20. The SMILES string of the molecule is CC(N)Cc1ccc[nH]c1=O. The first-order valence-corrected chi connectivity index (χ1v) is 3.62. The van der Waals surface area contributed by atoms with Crippen LogP contribution in [-0.2, 0) is 6.42 Å². The average Bonchev–Trinajstić information content (AvgIpc) is 1.93. The predicted molar refractivity (Wildman–Crippen MR) is 44.4 cm³/mol. The van der Waals surface area contributed by atoms with Gasteiger partial charge in [-0.15, -0.1) is 0 Å². The van der Waals surface area contributed by atoms with E-state index in [0.717, 1.165) is 5.56 Å². The quantitative estimate of drug-likeness (QED) is 0.638. The molecule has 1 unspecified atom stereocenters. The van der Waals surface area contributed by atoms with Crippen LogP contribution in [0.15, 0.2) is 23.1 Å². The van der Waals surface area contributed by atoms with E-state index in [1.165, 1.54) is 0 Å². The second-order valence-corrected chi connectivity index (χ2v) is 2.71. The molecule has 60 valence electrons. The van der Waals surface area contributed by atoms with E-state index in [0.29, 0.717) is 6.42 Å². The maximum atomic E-state index is 11.0. The number of H-pyrrole nitrogens is 1. The molecule has 3 N–H and O–H groups in total. The van der Waals surface area contributed by atoms with E-state index in [4.69, 9.17) is 5.73 Å². The monoisotopic (exact) mass is 152 g/mol. The highest BCUT2D eigenvalue weighted by atomic mass is 16.1. The van der Waals surface area contributed by atoms with E-state index < -0.39 is 0 Å². The molecule has 1 rings (SSSR count). The van der Waals surface area contributed by atoms with Crippen molar-refractivity contribution in [2.24, 2.45) is 5.73 Å². The van der Waals surface area contributed by atoms with Crippen molar-refractivity contribution in [2.75, 3.05) is 0 Å². The summed E-state index contributed by atoms with van der Waals surface area (Å²) in [7, 11) is 0. The Bertz CT molecular complexity index is 277.